The maximum Gasteiger partial charge on any atom is 0.129 e. The van der Waals surface area contributed by atoms with Gasteiger partial charge in [-0.15, -0.1) is 0 Å². The molecule has 0 aliphatic carbocycles. The molecule has 0 amide bonds. The van der Waals surface area contributed by atoms with Crippen LogP contribution in [0.25, 0.3) is 0 Å². The van der Waals surface area contributed by atoms with Gasteiger partial charge in [-0.25, -0.2) is 4.98 Å². The van der Waals surface area contributed by atoms with Crippen LogP contribution in [-0.2, 0) is 7.05 Å². The molecule has 2 aromatic rings. The fraction of sp³-hybridized carbons (Fsp3) is 0.467. The van der Waals surface area contributed by atoms with Gasteiger partial charge >= 0.3 is 0 Å². The SMILES string of the molecule is Cc1cccc(N2CCC[C@H]2c2cnn(C)c2C)n1. The molecule has 4 nitrogen and oxygen atoms in total. The van der Waals surface area contributed by atoms with Crippen molar-refractivity contribution >= 4 is 5.82 Å². The highest BCUT2D eigenvalue weighted by Gasteiger charge is 2.29. The van der Waals surface area contributed by atoms with Crippen LogP contribution in [0.2, 0.25) is 0 Å². The van der Waals surface area contributed by atoms with E-state index in [1.807, 2.05) is 30.9 Å². The number of rotatable bonds is 2. The molecule has 2 aromatic heterocycles. The third-order valence-corrected chi connectivity index (χ3v) is 4.05. The summed E-state index contributed by atoms with van der Waals surface area (Å²) in [6.07, 6.45) is 4.41. The fourth-order valence-corrected chi connectivity index (χ4v) is 2.90. The molecule has 0 radical (unpaired) electrons. The third-order valence-electron chi connectivity index (χ3n) is 4.05. The van der Waals surface area contributed by atoms with Crippen LogP contribution in [-0.4, -0.2) is 21.3 Å². The van der Waals surface area contributed by atoms with Crippen molar-refractivity contribution in [2.24, 2.45) is 7.05 Å². The van der Waals surface area contributed by atoms with Gasteiger partial charge in [0.05, 0.1) is 12.2 Å². The molecule has 1 saturated heterocycles. The Kier molecular flexibility index (Phi) is 3.01. The molecule has 0 unspecified atom stereocenters. The number of pyridine rings is 1. The molecule has 0 aromatic carbocycles. The lowest BCUT2D eigenvalue weighted by atomic mass is 10.1. The fourth-order valence-electron chi connectivity index (χ4n) is 2.90. The minimum Gasteiger partial charge on any atom is -0.349 e. The van der Waals surface area contributed by atoms with Crippen LogP contribution in [0.15, 0.2) is 24.4 Å². The molecule has 4 heteroatoms. The summed E-state index contributed by atoms with van der Waals surface area (Å²) in [5.74, 6) is 1.09. The van der Waals surface area contributed by atoms with Crippen molar-refractivity contribution in [1.82, 2.24) is 14.8 Å². The van der Waals surface area contributed by atoms with Crippen LogP contribution < -0.4 is 4.90 Å². The second-order valence-corrected chi connectivity index (χ2v) is 5.30. The number of anilines is 1. The average molecular weight is 256 g/mol. The lowest BCUT2D eigenvalue weighted by Crippen LogP contribution is -2.24. The Labute approximate surface area is 114 Å². The highest BCUT2D eigenvalue weighted by atomic mass is 15.3. The second-order valence-electron chi connectivity index (χ2n) is 5.30. The van der Waals surface area contributed by atoms with Gasteiger partial charge in [-0.2, -0.15) is 5.10 Å². The Bertz CT molecular complexity index is 588. The van der Waals surface area contributed by atoms with Crippen molar-refractivity contribution in [2.75, 3.05) is 11.4 Å². The van der Waals surface area contributed by atoms with Crippen LogP contribution in [0.1, 0.15) is 35.8 Å². The Morgan fingerprint density at radius 3 is 2.79 bits per heavy atom. The standard InChI is InChI=1S/C15H20N4/c1-11-6-4-8-15(17-11)19-9-5-7-14(19)13-10-16-18(3)12(13)2/h4,6,8,10,14H,5,7,9H2,1-3H3/t14-/m0/s1. The normalized spacial score (nSPS) is 19.1. The highest BCUT2D eigenvalue weighted by Crippen LogP contribution is 2.36. The Balaban J connectivity index is 1.96. The predicted molar refractivity (Wildman–Crippen MR) is 76.2 cm³/mol. The zero-order valence-electron chi connectivity index (χ0n) is 11.8. The molecule has 1 aliphatic heterocycles. The van der Waals surface area contributed by atoms with Crippen molar-refractivity contribution in [1.29, 1.82) is 0 Å². The average Bonchev–Trinajstić information content (AvgIpc) is 2.98. The Morgan fingerprint density at radius 2 is 2.11 bits per heavy atom. The summed E-state index contributed by atoms with van der Waals surface area (Å²) in [6, 6.07) is 6.66. The first-order valence-electron chi connectivity index (χ1n) is 6.85. The van der Waals surface area contributed by atoms with Crippen LogP contribution >= 0.6 is 0 Å². The highest BCUT2D eigenvalue weighted by molar-refractivity contribution is 5.45. The van der Waals surface area contributed by atoms with Gasteiger partial charge < -0.3 is 4.90 Å². The van der Waals surface area contributed by atoms with E-state index in [1.54, 1.807) is 0 Å². The molecule has 1 aliphatic rings. The largest absolute Gasteiger partial charge is 0.349 e. The molecular formula is C15H20N4. The minimum absolute atomic E-state index is 0.419. The summed E-state index contributed by atoms with van der Waals surface area (Å²) in [4.78, 5) is 7.08. The minimum atomic E-state index is 0.419. The van der Waals surface area contributed by atoms with E-state index in [4.69, 9.17) is 0 Å². The van der Waals surface area contributed by atoms with Crippen molar-refractivity contribution in [3.63, 3.8) is 0 Å². The summed E-state index contributed by atoms with van der Waals surface area (Å²) in [6.45, 7) is 5.27. The zero-order valence-corrected chi connectivity index (χ0v) is 11.8. The van der Waals surface area contributed by atoms with E-state index in [0.717, 1.165) is 18.1 Å². The monoisotopic (exact) mass is 256 g/mol. The van der Waals surface area contributed by atoms with Crippen LogP contribution in [0.4, 0.5) is 5.82 Å². The first-order chi connectivity index (χ1) is 9.16. The lowest BCUT2D eigenvalue weighted by Gasteiger charge is -2.26. The number of hydrogen-bond donors (Lipinski definition) is 0. The molecule has 0 N–H and O–H groups in total. The third kappa shape index (κ3) is 2.11. The van der Waals surface area contributed by atoms with E-state index in [-0.39, 0.29) is 0 Å². The van der Waals surface area contributed by atoms with E-state index in [1.165, 1.54) is 24.1 Å². The van der Waals surface area contributed by atoms with Crippen LogP contribution in [0, 0.1) is 13.8 Å². The summed E-state index contributed by atoms with van der Waals surface area (Å²) >= 11 is 0. The van der Waals surface area contributed by atoms with E-state index in [2.05, 4.69) is 34.0 Å². The maximum atomic E-state index is 4.67. The van der Waals surface area contributed by atoms with Crippen LogP contribution in [0.3, 0.4) is 0 Å². The van der Waals surface area contributed by atoms with Gasteiger partial charge in [-0.05, 0) is 38.8 Å². The van der Waals surface area contributed by atoms with Crippen molar-refractivity contribution in [3.05, 3.63) is 41.3 Å². The summed E-state index contributed by atoms with van der Waals surface area (Å²) in [5, 5.41) is 4.38. The summed E-state index contributed by atoms with van der Waals surface area (Å²) in [5.41, 5.74) is 3.67. The van der Waals surface area contributed by atoms with Gasteiger partial charge in [0.25, 0.3) is 0 Å². The number of aromatic nitrogens is 3. The first-order valence-corrected chi connectivity index (χ1v) is 6.85. The Morgan fingerprint density at radius 1 is 1.26 bits per heavy atom. The van der Waals surface area contributed by atoms with Gasteiger partial charge in [0.15, 0.2) is 0 Å². The van der Waals surface area contributed by atoms with Gasteiger partial charge in [0, 0.05) is 30.5 Å². The van der Waals surface area contributed by atoms with Gasteiger partial charge in [-0.1, -0.05) is 6.07 Å². The van der Waals surface area contributed by atoms with Gasteiger partial charge in [0.2, 0.25) is 0 Å². The van der Waals surface area contributed by atoms with Crippen LogP contribution in [0.5, 0.6) is 0 Å². The molecule has 0 bridgehead atoms. The second kappa shape index (κ2) is 4.68. The van der Waals surface area contributed by atoms with E-state index in [9.17, 15) is 0 Å². The number of hydrogen-bond acceptors (Lipinski definition) is 3. The molecule has 1 fully saturated rings. The molecule has 100 valence electrons. The van der Waals surface area contributed by atoms with Crippen molar-refractivity contribution in [3.8, 4) is 0 Å². The topological polar surface area (TPSA) is 34.0 Å². The molecular weight excluding hydrogens is 236 g/mol. The molecule has 0 saturated carbocycles. The maximum absolute atomic E-state index is 4.67. The number of aryl methyl sites for hydroxylation is 2. The number of nitrogens with zero attached hydrogens (tertiary/aromatic N) is 4. The molecule has 0 spiro atoms. The predicted octanol–water partition coefficient (Wildman–Crippen LogP) is 2.77. The smallest absolute Gasteiger partial charge is 0.129 e. The van der Waals surface area contributed by atoms with E-state index in [0.29, 0.717) is 6.04 Å². The first kappa shape index (κ1) is 12.2. The molecule has 3 rings (SSSR count). The van der Waals surface area contributed by atoms with Gasteiger partial charge in [0.1, 0.15) is 5.82 Å². The molecule has 1 atom stereocenters. The van der Waals surface area contributed by atoms with Crippen molar-refractivity contribution < 1.29 is 0 Å². The van der Waals surface area contributed by atoms with Gasteiger partial charge in [-0.3, -0.25) is 4.68 Å². The van der Waals surface area contributed by atoms with E-state index < -0.39 is 0 Å². The molecule has 19 heavy (non-hydrogen) atoms. The summed E-state index contributed by atoms with van der Waals surface area (Å²) in [7, 11) is 2.00. The Hall–Kier alpha value is -1.84. The zero-order chi connectivity index (χ0) is 13.4. The quantitative estimate of drug-likeness (QED) is 0.828. The summed E-state index contributed by atoms with van der Waals surface area (Å²) < 4.78 is 1.95. The molecule has 3 heterocycles. The van der Waals surface area contributed by atoms with Crippen molar-refractivity contribution in [2.45, 2.75) is 32.7 Å². The van der Waals surface area contributed by atoms with E-state index >= 15 is 0 Å². The lowest BCUT2D eigenvalue weighted by molar-refractivity contribution is 0.693.